The highest BCUT2D eigenvalue weighted by Gasteiger charge is 2.60. The Labute approximate surface area is 227 Å². The van der Waals surface area contributed by atoms with Gasteiger partial charge in [0.25, 0.3) is 0 Å². The standard InChI is InChI=1S/C30H33N5O4/c1-30(35-19-33-24-27(31-18-32-28(24)35)34-22-14-8-9-15-22)26-25(37-29(38-26)21-12-6-3-7-13-21)23(39-30)17-36-16-20-10-4-2-5-11-20/h2-7,10-13,18-19,22-23,25-26,29H,8-9,14-17H2,1H3,(H,31,32,34)/t23-,25-,26-,29?,30-/m1/s1. The molecule has 0 amide bonds. The molecule has 0 radical (unpaired) electrons. The van der Waals surface area contributed by atoms with Crippen LogP contribution in [0.3, 0.4) is 0 Å². The van der Waals surface area contributed by atoms with E-state index in [-0.39, 0.29) is 12.2 Å². The van der Waals surface area contributed by atoms with Crippen LogP contribution in [0.1, 0.15) is 50.0 Å². The van der Waals surface area contributed by atoms with E-state index in [2.05, 4.69) is 27.4 Å². The van der Waals surface area contributed by atoms with Crippen molar-refractivity contribution in [2.45, 2.75) is 75.6 Å². The van der Waals surface area contributed by atoms with E-state index < -0.39 is 18.1 Å². The van der Waals surface area contributed by atoms with Crippen LogP contribution in [0.25, 0.3) is 11.2 Å². The molecular weight excluding hydrogens is 494 g/mol. The molecule has 9 heteroatoms. The summed E-state index contributed by atoms with van der Waals surface area (Å²) in [7, 11) is 0. The maximum absolute atomic E-state index is 6.73. The summed E-state index contributed by atoms with van der Waals surface area (Å²) >= 11 is 0. The van der Waals surface area contributed by atoms with Crippen LogP contribution in [-0.2, 0) is 31.3 Å². The third kappa shape index (κ3) is 4.59. The Morgan fingerprint density at radius 1 is 0.974 bits per heavy atom. The van der Waals surface area contributed by atoms with Crippen LogP contribution in [0, 0.1) is 0 Å². The molecule has 4 heterocycles. The summed E-state index contributed by atoms with van der Waals surface area (Å²) in [6.07, 6.45) is 6.58. The molecule has 1 saturated carbocycles. The van der Waals surface area contributed by atoms with Crippen molar-refractivity contribution in [3.63, 3.8) is 0 Å². The molecule has 2 aromatic carbocycles. The van der Waals surface area contributed by atoms with Crippen molar-refractivity contribution in [1.82, 2.24) is 19.5 Å². The molecular formula is C30H33N5O4. The summed E-state index contributed by atoms with van der Waals surface area (Å²) in [6, 6.07) is 20.6. The number of ether oxygens (including phenoxy) is 4. The van der Waals surface area contributed by atoms with Crippen LogP contribution in [0.15, 0.2) is 73.3 Å². The molecule has 2 aliphatic heterocycles. The Morgan fingerprint density at radius 2 is 1.74 bits per heavy atom. The van der Waals surface area contributed by atoms with Crippen LogP contribution >= 0.6 is 0 Å². The van der Waals surface area contributed by atoms with Crippen molar-refractivity contribution in [2.24, 2.45) is 0 Å². The lowest BCUT2D eigenvalue weighted by molar-refractivity contribution is -0.198. The minimum Gasteiger partial charge on any atom is -0.374 e. The van der Waals surface area contributed by atoms with Gasteiger partial charge in [0.2, 0.25) is 0 Å². The Balaban J connectivity index is 1.18. The zero-order chi connectivity index (χ0) is 26.2. The van der Waals surface area contributed by atoms with Crippen LogP contribution in [0.5, 0.6) is 0 Å². The first kappa shape index (κ1) is 24.7. The first-order valence-corrected chi connectivity index (χ1v) is 13.8. The highest BCUT2D eigenvalue weighted by atomic mass is 16.8. The summed E-state index contributed by atoms with van der Waals surface area (Å²) in [6.45, 7) is 2.88. The van der Waals surface area contributed by atoms with Crippen molar-refractivity contribution in [2.75, 3.05) is 11.9 Å². The second kappa shape index (κ2) is 10.3. The lowest BCUT2D eigenvalue weighted by Gasteiger charge is -2.31. The Morgan fingerprint density at radius 3 is 2.54 bits per heavy atom. The van der Waals surface area contributed by atoms with E-state index >= 15 is 0 Å². The first-order chi connectivity index (χ1) is 19.2. The molecule has 202 valence electrons. The molecule has 1 N–H and O–H groups in total. The minimum atomic E-state index is -0.914. The summed E-state index contributed by atoms with van der Waals surface area (Å²) in [5, 5.41) is 3.58. The van der Waals surface area contributed by atoms with Gasteiger partial charge in [0.15, 0.2) is 29.0 Å². The number of hydrogen-bond acceptors (Lipinski definition) is 8. The summed E-state index contributed by atoms with van der Waals surface area (Å²) < 4.78 is 27.9. The summed E-state index contributed by atoms with van der Waals surface area (Å²) in [5.74, 6) is 0.761. The van der Waals surface area contributed by atoms with Gasteiger partial charge in [0.1, 0.15) is 24.6 Å². The van der Waals surface area contributed by atoms with Gasteiger partial charge >= 0.3 is 0 Å². The number of rotatable bonds is 8. The molecule has 39 heavy (non-hydrogen) atoms. The average molecular weight is 528 g/mol. The van der Waals surface area contributed by atoms with Crippen molar-refractivity contribution in [3.8, 4) is 0 Å². The smallest absolute Gasteiger partial charge is 0.185 e. The van der Waals surface area contributed by atoms with Gasteiger partial charge in [-0.2, -0.15) is 0 Å². The fourth-order valence-electron chi connectivity index (χ4n) is 6.10. The number of nitrogens with one attached hydrogen (secondary N) is 1. The predicted octanol–water partition coefficient (Wildman–Crippen LogP) is 4.95. The number of fused-ring (bicyclic) bond motifs is 2. The molecule has 5 atom stereocenters. The van der Waals surface area contributed by atoms with Gasteiger partial charge in [-0.15, -0.1) is 0 Å². The van der Waals surface area contributed by atoms with E-state index in [1.54, 1.807) is 12.7 Å². The topological polar surface area (TPSA) is 92.6 Å². The Bertz CT molecular complexity index is 1410. The van der Waals surface area contributed by atoms with E-state index in [1.165, 1.54) is 12.8 Å². The molecule has 7 rings (SSSR count). The van der Waals surface area contributed by atoms with Gasteiger partial charge in [-0.3, -0.25) is 4.57 Å². The van der Waals surface area contributed by atoms with E-state index in [9.17, 15) is 0 Å². The second-order valence-electron chi connectivity index (χ2n) is 10.7. The molecule has 9 nitrogen and oxygen atoms in total. The molecule has 0 bridgehead atoms. The van der Waals surface area contributed by atoms with Gasteiger partial charge in [0, 0.05) is 11.6 Å². The minimum absolute atomic E-state index is 0.327. The van der Waals surface area contributed by atoms with Crippen LogP contribution in [0.2, 0.25) is 0 Å². The van der Waals surface area contributed by atoms with Gasteiger partial charge in [-0.05, 0) is 25.3 Å². The normalized spacial score (nSPS) is 28.7. The van der Waals surface area contributed by atoms with Crippen LogP contribution < -0.4 is 5.32 Å². The van der Waals surface area contributed by atoms with Gasteiger partial charge in [0.05, 0.1) is 19.5 Å². The molecule has 2 saturated heterocycles. The number of benzene rings is 2. The van der Waals surface area contributed by atoms with E-state index in [1.807, 2.05) is 60.0 Å². The highest BCUT2D eigenvalue weighted by molar-refractivity contribution is 5.83. The van der Waals surface area contributed by atoms with Crippen molar-refractivity contribution < 1.29 is 18.9 Å². The van der Waals surface area contributed by atoms with Crippen LogP contribution in [0.4, 0.5) is 5.82 Å². The van der Waals surface area contributed by atoms with Gasteiger partial charge in [-0.1, -0.05) is 73.5 Å². The van der Waals surface area contributed by atoms with Crippen molar-refractivity contribution >= 4 is 17.0 Å². The monoisotopic (exact) mass is 527 g/mol. The average Bonchev–Trinajstić information content (AvgIpc) is 3.77. The Hall–Kier alpha value is -3.37. The zero-order valence-electron chi connectivity index (χ0n) is 22.0. The molecule has 0 spiro atoms. The third-order valence-corrected chi connectivity index (χ3v) is 8.11. The van der Waals surface area contributed by atoms with Crippen LogP contribution in [-0.4, -0.2) is 50.5 Å². The maximum atomic E-state index is 6.73. The largest absolute Gasteiger partial charge is 0.374 e. The predicted molar refractivity (Wildman–Crippen MR) is 145 cm³/mol. The number of hydrogen-bond donors (Lipinski definition) is 1. The van der Waals surface area contributed by atoms with E-state index in [4.69, 9.17) is 23.9 Å². The molecule has 3 aliphatic rings. The number of anilines is 1. The third-order valence-electron chi connectivity index (χ3n) is 8.11. The maximum Gasteiger partial charge on any atom is 0.185 e. The lowest BCUT2D eigenvalue weighted by atomic mass is 10.0. The number of aromatic nitrogens is 4. The number of nitrogens with zero attached hydrogens (tertiary/aromatic N) is 4. The summed E-state index contributed by atoms with van der Waals surface area (Å²) in [4.78, 5) is 13.9. The molecule has 3 fully saturated rings. The highest BCUT2D eigenvalue weighted by Crippen LogP contribution is 2.48. The quantitative estimate of drug-likeness (QED) is 0.344. The first-order valence-electron chi connectivity index (χ1n) is 13.8. The van der Waals surface area contributed by atoms with E-state index in [0.29, 0.717) is 24.9 Å². The van der Waals surface area contributed by atoms with Gasteiger partial charge < -0.3 is 24.3 Å². The molecule has 1 aliphatic carbocycles. The van der Waals surface area contributed by atoms with Crippen molar-refractivity contribution in [3.05, 3.63) is 84.4 Å². The fraction of sp³-hybridized carbons (Fsp3) is 0.433. The SMILES string of the molecule is C[C@@]1(n2cnc3c(NC4CCCC4)ncnc32)O[C@H](COCc2ccccc2)[C@H]2OC(c3ccccc3)O[C@H]21. The van der Waals surface area contributed by atoms with Gasteiger partial charge in [-0.25, -0.2) is 15.0 Å². The molecule has 1 unspecified atom stereocenters. The Kier molecular flexibility index (Phi) is 6.52. The molecule has 4 aromatic rings. The van der Waals surface area contributed by atoms with Crippen molar-refractivity contribution in [1.29, 1.82) is 0 Å². The summed E-state index contributed by atoms with van der Waals surface area (Å²) in [5.41, 5.74) is 2.60. The lowest BCUT2D eigenvalue weighted by Crippen LogP contribution is -2.42. The second-order valence-corrected chi connectivity index (χ2v) is 10.7. The zero-order valence-corrected chi connectivity index (χ0v) is 22.0. The number of imidazole rings is 1. The fourth-order valence-corrected chi connectivity index (χ4v) is 6.10. The van der Waals surface area contributed by atoms with E-state index in [0.717, 1.165) is 35.3 Å². The molecule has 2 aromatic heterocycles.